The summed E-state index contributed by atoms with van der Waals surface area (Å²) in [4.78, 5) is 13.6. The van der Waals surface area contributed by atoms with E-state index in [4.69, 9.17) is 4.74 Å². The van der Waals surface area contributed by atoms with Crippen LogP contribution in [0, 0.1) is 0 Å². The van der Waals surface area contributed by atoms with Gasteiger partial charge in [0.05, 0.1) is 13.2 Å². The quantitative estimate of drug-likeness (QED) is 0.701. The monoisotopic (exact) mass is 205 g/mol. The number of ether oxygens (including phenoxy) is 1. The largest absolute Gasteiger partial charge is 0.368 e. The number of epoxide rings is 1. The van der Waals surface area contributed by atoms with E-state index in [1.165, 1.54) is 0 Å². The molecular weight excluding hydrogens is 190 g/mol. The highest BCUT2D eigenvalue weighted by Gasteiger charge is 2.41. The van der Waals surface area contributed by atoms with Crippen molar-refractivity contribution in [2.75, 3.05) is 20.2 Å². The molecule has 0 bridgehead atoms. The van der Waals surface area contributed by atoms with Gasteiger partial charge in [0.15, 0.2) is 0 Å². The van der Waals surface area contributed by atoms with Crippen LogP contribution in [0.4, 0.5) is 0 Å². The summed E-state index contributed by atoms with van der Waals surface area (Å²) in [7, 11) is 1.81. The highest BCUT2D eigenvalue weighted by atomic mass is 16.6. The third kappa shape index (κ3) is 2.36. The SMILES string of the molecule is CN(CC1(C)CO1)C(=O)c1ccccc1. The molecule has 3 heteroatoms. The van der Waals surface area contributed by atoms with Gasteiger partial charge in [0.25, 0.3) is 5.91 Å². The van der Waals surface area contributed by atoms with Crippen LogP contribution >= 0.6 is 0 Å². The lowest BCUT2D eigenvalue weighted by atomic mass is 10.1. The predicted molar refractivity (Wildman–Crippen MR) is 57.8 cm³/mol. The molecule has 1 aromatic carbocycles. The molecule has 0 aliphatic carbocycles. The van der Waals surface area contributed by atoms with Gasteiger partial charge in [-0.15, -0.1) is 0 Å². The van der Waals surface area contributed by atoms with Crippen molar-refractivity contribution in [3.63, 3.8) is 0 Å². The van der Waals surface area contributed by atoms with Gasteiger partial charge in [-0.3, -0.25) is 4.79 Å². The molecule has 0 aromatic heterocycles. The molecule has 15 heavy (non-hydrogen) atoms. The summed E-state index contributed by atoms with van der Waals surface area (Å²) in [5.74, 6) is 0.0484. The summed E-state index contributed by atoms with van der Waals surface area (Å²) in [5.41, 5.74) is 0.614. The maximum absolute atomic E-state index is 11.9. The summed E-state index contributed by atoms with van der Waals surface area (Å²) in [6, 6.07) is 9.30. The maximum atomic E-state index is 11.9. The van der Waals surface area contributed by atoms with Crippen molar-refractivity contribution in [2.24, 2.45) is 0 Å². The summed E-state index contributed by atoms with van der Waals surface area (Å²) in [6.45, 7) is 3.42. The van der Waals surface area contributed by atoms with E-state index in [1.54, 1.807) is 4.90 Å². The number of rotatable bonds is 3. The fraction of sp³-hybridized carbons (Fsp3) is 0.417. The van der Waals surface area contributed by atoms with Crippen LogP contribution in [0.3, 0.4) is 0 Å². The van der Waals surface area contributed by atoms with E-state index < -0.39 is 0 Å². The van der Waals surface area contributed by atoms with Crippen molar-refractivity contribution in [3.05, 3.63) is 35.9 Å². The summed E-state index contributed by atoms with van der Waals surface area (Å²) in [6.07, 6.45) is 0. The topological polar surface area (TPSA) is 32.8 Å². The van der Waals surface area contributed by atoms with Gasteiger partial charge in [0, 0.05) is 12.6 Å². The smallest absolute Gasteiger partial charge is 0.253 e. The second-order valence-electron chi connectivity index (χ2n) is 4.27. The van der Waals surface area contributed by atoms with E-state index in [0.29, 0.717) is 6.54 Å². The second-order valence-corrected chi connectivity index (χ2v) is 4.27. The van der Waals surface area contributed by atoms with Crippen molar-refractivity contribution in [1.82, 2.24) is 4.90 Å². The third-order valence-electron chi connectivity index (χ3n) is 2.58. The summed E-state index contributed by atoms with van der Waals surface area (Å²) >= 11 is 0. The molecule has 0 N–H and O–H groups in total. The Hall–Kier alpha value is -1.35. The van der Waals surface area contributed by atoms with Gasteiger partial charge < -0.3 is 9.64 Å². The van der Waals surface area contributed by atoms with Crippen LogP contribution in [-0.2, 0) is 4.74 Å². The highest BCUT2D eigenvalue weighted by molar-refractivity contribution is 5.94. The van der Waals surface area contributed by atoms with Gasteiger partial charge in [0.2, 0.25) is 0 Å². The summed E-state index contributed by atoms with van der Waals surface area (Å²) in [5, 5.41) is 0. The molecule has 0 spiro atoms. The Morgan fingerprint density at radius 1 is 1.47 bits per heavy atom. The van der Waals surface area contributed by atoms with Crippen molar-refractivity contribution in [1.29, 1.82) is 0 Å². The first-order valence-corrected chi connectivity index (χ1v) is 5.05. The molecule has 1 unspecified atom stereocenters. The Morgan fingerprint density at radius 2 is 2.07 bits per heavy atom. The molecule has 1 saturated heterocycles. The van der Waals surface area contributed by atoms with E-state index in [1.807, 2.05) is 44.3 Å². The number of nitrogens with zero attached hydrogens (tertiary/aromatic N) is 1. The number of carbonyl (C=O) groups excluding carboxylic acids is 1. The molecule has 2 rings (SSSR count). The normalized spacial score (nSPS) is 23.6. The van der Waals surface area contributed by atoms with Gasteiger partial charge in [-0.2, -0.15) is 0 Å². The Bertz CT molecular complexity index is 357. The van der Waals surface area contributed by atoms with E-state index in [-0.39, 0.29) is 11.5 Å². The van der Waals surface area contributed by atoms with Crippen LogP contribution in [-0.4, -0.2) is 36.6 Å². The third-order valence-corrected chi connectivity index (χ3v) is 2.58. The highest BCUT2D eigenvalue weighted by Crippen LogP contribution is 2.26. The second kappa shape index (κ2) is 3.66. The molecule has 0 radical (unpaired) electrons. The number of benzene rings is 1. The zero-order chi connectivity index (χ0) is 10.9. The zero-order valence-corrected chi connectivity index (χ0v) is 9.06. The lowest BCUT2D eigenvalue weighted by Crippen LogP contribution is -2.34. The number of carbonyl (C=O) groups is 1. The van der Waals surface area contributed by atoms with Gasteiger partial charge in [-0.25, -0.2) is 0 Å². The van der Waals surface area contributed by atoms with Crippen LogP contribution in [0.25, 0.3) is 0 Å². The Balaban J connectivity index is 2.01. The minimum Gasteiger partial charge on any atom is -0.368 e. The molecule has 0 saturated carbocycles. The van der Waals surface area contributed by atoms with Crippen LogP contribution in [0.15, 0.2) is 30.3 Å². The van der Waals surface area contributed by atoms with E-state index in [9.17, 15) is 4.79 Å². The van der Waals surface area contributed by atoms with Crippen LogP contribution in [0.2, 0.25) is 0 Å². The molecule has 1 aliphatic heterocycles. The van der Waals surface area contributed by atoms with Crippen LogP contribution in [0.1, 0.15) is 17.3 Å². The molecule has 3 nitrogen and oxygen atoms in total. The molecule has 80 valence electrons. The van der Waals surface area contributed by atoms with E-state index >= 15 is 0 Å². The Morgan fingerprint density at radius 3 is 2.60 bits per heavy atom. The summed E-state index contributed by atoms with van der Waals surface area (Å²) < 4.78 is 5.26. The minimum absolute atomic E-state index is 0.0484. The first-order valence-electron chi connectivity index (χ1n) is 5.05. The first kappa shape index (κ1) is 10.2. The minimum atomic E-state index is -0.112. The van der Waals surface area contributed by atoms with E-state index in [2.05, 4.69) is 0 Å². The van der Waals surface area contributed by atoms with Gasteiger partial charge >= 0.3 is 0 Å². The standard InChI is InChI=1S/C12H15NO2/c1-12(9-15-12)8-13(2)11(14)10-6-4-3-5-7-10/h3-7H,8-9H2,1-2H3. The molecule has 1 aromatic rings. The molecule has 1 atom stereocenters. The van der Waals surface area contributed by atoms with Gasteiger partial charge in [-0.1, -0.05) is 18.2 Å². The predicted octanol–water partition coefficient (Wildman–Crippen LogP) is 1.55. The first-order chi connectivity index (χ1) is 7.11. The Kier molecular flexibility index (Phi) is 2.49. The number of amides is 1. The lowest BCUT2D eigenvalue weighted by molar-refractivity contribution is 0.0760. The van der Waals surface area contributed by atoms with Crippen molar-refractivity contribution in [3.8, 4) is 0 Å². The average molecular weight is 205 g/mol. The van der Waals surface area contributed by atoms with Crippen molar-refractivity contribution < 1.29 is 9.53 Å². The van der Waals surface area contributed by atoms with Gasteiger partial charge in [0.1, 0.15) is 5.60 Å². The molecule has 1 heterocycles. The number of hydrogen-bond donors (Lipinski definition) is 0. The number of likely N-dealkylation sites (N-methyl/N-ethyl adjacent to an activating group) is 1. The van der Waals surface area contributed by atoms with Crippen LogP contribution < -0.4 is 0 Å². The molecule has 1 fully saturated rings. The molecule has 1 aliphatic rings. The fourth-order valence-electron chi connectivity index (χ4n) is 1.59. The van der Waals surface area contributed by atoms with Gasteiger partial charge in [-0.05, 0) is 19.1 Å². The molecular formula is C12H15NO2. The van der Waals surface area contributed by atoms with Crippen molar-refractivity contribution >= 4 is 5.91 Å². The van der Waals surface area contributed by atoms with E-state index in [0.717, 1.165) is 12.2 Å². The van der Waals surface area contributed by atoms with Crippen LogP contribution in [0.5, 0.6) is 0 Å². The van der Waals surface area contributed by atoms with Crippen molar-refractivity contribution in [2.45, 2.75) is 12.5 Å². The maximum Gasteiger partial charge on any atom is 0.253 e. The Labute approximate surface area is 89.7 Å². The fourth-order valence-corrected chi connectivity index (χ4v) is 1.59. The molecule has 1 amide bonds. The zero-order valence-electron chi connectivity index (χ0n) is 9.06. The lowest BCUT2D eigenvalue weighted by Gasteiger charge is -2.19. The average Bonchev–Trinajstić information content (AvgIpc) is 2.96. The number of hydrogen-bond acceptors (Lipinski definition) is 2.